The molecule has 2 nitrogen and oxygen atoms in total. The van der Waals surface area contributed by atoms with Crippen molar-refractivity contribution >= 4 is 0 Å². The standard InChI is InChI=1S/C7H13N.C4H8O.2C2H6/c1-5-3-6-4-7(6)8(5)2;1-3-4-5-2;2*1-2/h5-7H,3-4H2,1-2H3;3H,1,4H2,2H3;2*1-2H3. The lowest BCUT2D eigenvalue weighted by molar-refractivity contribution is 0.234. The van der Waals surface area contributed by atoms with Crippen LogP contribution in [0.1, 0.15) is 47.5 Å². The third kappa shape index (κ3) is 7.56. The number of fused-ring (bicyclic) bond motifs is 1. The van der Waals surface area contributed by atoms with Gasteiger partial charge in [-0.05, 0) is 32.7 Å². The first-order valence-corrected chi connectivity index (χ1v) is 7.02. The van der Waals surface area contributed by atoms with E-state index in [0.717, 1.165) is 18.0 Å². The zero-order chi connectivity index (χ0) is 13.8. The summed E-state index contributed by atoms with van der Waals surface area (Å²) in [5.74, 6) is 1.09. The lowest BCUT2D eigenvalue weighted by Crippen LogP contribution is -2.25. The summed E-state index contributed by atoms with van der Waals surface area (Å²) in [5.41, 5.74) is 0. The molecule has 1 heterocycles. The average Bonchev–Trinajstić information content (AvgIpc) is 3.08. The van der Waals surface area contributed by atoms with Crippen molar-refractivity contribution in [1.82, 2.24) is 4.90 Å². The fraction of sp³-hybridized carbons (Fsp3) is 0.867. The maximum Gasteiger partial charge on any atom is 0.0641 e. The lowest BCUT2D eigenvalue weighted by atomic mass is 10.2. The number of rotatable bonds is 2. The fourth-order valence-electron chi connectivity index (χ4n) is 2.03. The summed E-state index contributed by atoms with van der Waals surface area (Å²) in [7, 11) is 3.89. The number of hydrogen-bond acceptors (Lipinski definition) is 2. The van der Waals surface area contributed by atoms with Gasteiger partial charge in [-0.15, -0.1) is 6.58 Å². The molecule has 0 N–H and O–H groups in total. The second-order valence-electron chi connectivity index (χ2n) is 4.06. The molecular weight excluding hydrogens is 210 g/mol. The Morgan fingerprint density at radius 2 is 1.76 bits per heavy atom. The third-order valence-electron chi connectivity index (χ3n) is 3.03. The summed E-state index contributed by atoms with van der Waals surface area (Å²) in [5, 5.41) is 0. The van der Waals surface area contributed by atoms with Gasteiger partial charge in [0.25, 0.3) is 0 Å². The van der Waals surface area contributed by atoms with Gasteiger partial charge in [-0.25, -0.2) is 0 Å². The molecule has 0 aromatic carbocycles. The Balaban J connectivity index is 0. The molecule has 2 fully saturated rings. The number of nitrogens with zero attached hydrogens (tertiary/aromatic N) is 1. The molecule has 3 atom stereocenters. The molecule has 0 spiro atoms. The molecule has 0 radical (unpaired) electrons. The molecule has 1 saturated heterocycles. The van der Waals surface area contributed by atoms with Gasteiger partial charge in [-0.2, -0.15) is 0 Å². The number of methoxy groups -OCH3 is 1. The highest BCUT2D eigenvalue weighted by Gasteiger charge is 2.48. The largest absolute Gasteiger partial charge is 0.381 e. The molecule has 2 aliphatic rings. The lowest BCUT2D eigenvalue weighted by Gasteiger charge is -2.17. The zero-order valence-electron chi connectivity index (χ0n) is 13.0. The Bertz CT molecular complexity index is 168. The number of piperidine rings is 1. The van der Waals surface area contributed by atoms with E-state index in [0.29, 0.717) is 6.61 Å². The topological polar surface area (TPSA) is 12.5 Å². The van der Waals surface area contributed by atoms with E-state index in [-0.39, 0.29) is 0 Å². The first-order valence-electron chi connectivity index (χ1n) is 7.02. The minimum absolute atomic E-state index is 0.653. The monoisotopic (exact) mass is 243 g/mol. The predicted octanol–water partition coefficient (Wildman–Crippen LogP) is 3.97. The predicted molar refractivity (Wildman–Crippen MR) is 78.5 cm³/mol. The van der Waals surface area contributed by atoms with Gasteiger partial charge >= 0.3 is 0 Å². The highest BCUT2D eigenvalue weighted by molar-refractivity contribution is 5.02. The van der Waals surface area contributed by atoms with Crippen LogP contribution in [0.15, 0.2) is 12.7 Å². The summed E-state index contributed by atoms with van der Waals surface area (Å²) in [4.78, 5) is 2.52. The Morgan fingerprint density at radius 3 is 1.88 bits per heavy atom. The van der Waals surface area contributed by atoms with E-state index in [1.165, 1.54) is 12.8 Å². The van der Waals surface area contributed by atoms with Crippen molar-refractivity contribution in [3.63, 3.8) is 0 Å². The van der Waals surface area contributed by atoms with E-state index in [1.54, 1.807) is 13.2 Å². The molecular formula is C15H33NO. The molecule has 1 saturated carbocycles. The molecule has 2 heteroatoms. The van der Waals surface area contributed by atoms with E-state index in [1.807, 2.05) is 27.7 Å². The number of likely N-dealkylation sites (tertiary alicyclic amines) is 1. The third-order valence-corrected chi connectivity index (χ3v) is 3.03. The van der Waals surface area contributed by atoms with E-state index in [9.17, 15) is 0 Å². The van der Waals surface area contributed by atoms with Gasteiger partial charge in [0.15, 0.2) is 0 Å². The maximum absolute atomic E-state index is 4.57. The van der Waals surface area contributed by atoms with Crippen LogP contribution in [0.4, 0.5) is 0 Å². The van der Waals surface area contributed by atoms with Crippen LogP contribution in [0.3, 0.4) is 0 Å². The molecule has 0 aromatic rings. The number of hydrogen-bond donors (Lipinski definition) is 0. The molecule has 2 rings (SSSR count). The van der Waals surface area contributed by atoms with Gasteiger partial charge in [0.05, 0.1) is 6.61 Å². The Kier molecular flexibility index (Phi) is 13.6. The molecule has 104 valence electrons. The molecule has 0 amide bonds. The summed E-state index contributed by atoms with van der Waals surface area (Å²) in [6, 6.07) is 1.86. The summed E-state index contributed by atoms with van der Waals surface area (Å²) in [6.45, 7) is 14.4. The first-order chi connectivity index (χ1) is 8.20. The van der Waals surface area contributed by atoms with Gasteiger partial charge in [0.1, 0.15) is 0 Å². The van der Waals surface area contributed by atoms with Crippen molar-refractivity contribution < 1.29 is 4.74 Å². The van der Waals surface area contributed by atoms with Crippen LogP contribution in [-0.2, 0) is 4.74 Å². The summed E-state index contributed by atoms with van der Waals surface area (Å²) >= 11 is 0. The number of ether oxygens (including phenoxy) is 1. The van der Waals surface area contributed by atoms with E-state index in [4.69, 9.17) is 0 Å². The summed E-state index contributed by atoms with van der Waals surface area (Å²) < 4.78 is 4.57. The minimum Gasteiger partial charge on any atom is -0.381 e. The molecule has 3 unspecified atom stereocenters. The van der Waals surface area contributed by atoms with Gasteiger partial charge < -0.3 is 9.64 Å². The van der Waals surface area contributed by atoms with Crippen LogP contribution in [-0.4, -0.2) is 37.7 Å². The molecule has 0 aromatic heterocycles. The van der Waals surface area contributed by atoms with Gasteiger partial charge in [-0.3, -0.25) is 0 Å². The Hall–Kier alpha value is -0.340. The Morgan fingerprint density at radius 1 is 1.24 bits per heavy atom. The average molecular weight is 243 g/mol. The molecule has 1 aliphatic carbocycles. The molecule has 17 heavy (non-hydrogen) atoms. The second kappa shape index (κ2) is 12.1. The van der Waals surface area contributed by atoms with Crippen LogP contribution >= 0.6 is 0 Å². The maximum atomic E-state index is 4.57. The highest BCUT2D eigenvalue weighted by Crippen LogP contribution is 2.46. The first kappa shape index (κ1) is 19.0. The van der Waals surface area contributed by atoms with Crippen LogP contribution in [0.5, 0.6) is 0 Å². The van der Waals surface area contributed by atoms with Crippen LogP contribution < -0.4 is 0 Å². The minimum atomic E-state index is 0.653. The van der Waals surface area contributed by atoms with Gasteiger partial charge in [0.2, 0.25) is 0 Å². The molecule has 1 aliphatic heterocycles. The quantitative estimate of drug-likeness (QED) is 0.680. The second-order valence-corrected chi connectivity index (χ2v) is 4.06. The van der Waals surface area contributed by atoms with Crippen molar-refractivity contribution in [2.24, 2.45) is 5.92 Å². The van der Waals surface area contributed by atoms with Crippen molar-refractivity contribution in [3.8, 4) is 0 Å². The van der Waals surface area contributed by atoms with Gasteiger partial charge in [0, 0.05) is 19.2 Å². The van der Waals surface area contributed by atoms with E-state index >= 15 is 0 Å². The SMILES string of the molecule is C=CCOC.CC.CC.CC1CC2CC2N1C. The van der Waals surface area contributed by atoms with Crippen molar-refractivity contribution in [1.29, 1.82) is 0 Å². The van der Waals surface area contributed by atoms with Crippen molar-refractivity contribution in [2.45, 2.75) is 59.5 Å². The van der Waals surface area contributed by atoms with Crippen LogP contribution in [0.2, 0.25) is 0 Å². The Labute approximate surface area is 109 Å². The zero-order valence-corrected chi connectivity index (χ0v) is 13.0. The summed E-state index contributed by atoms with van der Waals surface area (Å²) in [6.07, 6.45) is 4.65. The van der Waals surface area contributed by atoms with E-state index < -0.39 is 0 Å². The van der Waals surface area contributed by atoms with Crippen LogP contribution in [0.25, 0.3) is 0 Å². The fourth-order valence-corrected chi connectivity index (χ4v) is 2.03. The van der Waals surface area contributed by atoms with Crippen molar-refractivity contribution in [2.75, 3.05) is 20.8 Å². The van der Waals surface area contributed by atoms with Gasteiger partial charge in [-0.1, -0.05) is 33.8 Å². The van der Waals surface area contributed by atoms with Crippen molar-refractivity contribution in [3.05, 3.63) is 12.7 Å². The highest BCUT2D eigenvalue weighted by atomic mass is 16.5. The van der Waals surface area contributed by atoms with E-state index in [2.05, 4.69) is 30.2 Å². The van der Waals surface area contributed by atoms with Crippen LogP contribution in [0, 0.1) is 5.92 Å². The normalized spacial score (nSPS) is 28.3. The smallest absolute Gasteiger partial charge is 0.0641 e. The molecule has 0 bridgehead atoms.